The van der Waals surface area contributed by atoms with Crippen molar-refractivity contribution in [3.05, 3.63) is 11.6 Å². The molecule has 0 aliphatic rings. The van der Waals surface area contributed by atoms with Gasteiger partial charge in [-0.1, -0.05) is 0 Å². The minimum Gasteiger partial charge on any atom is -0.504 e. The van der Waals surface area contributed by atoms with Gasteiger partial charge in [0.25, 0.3) is 0 Å². The number of phenols is 1. The highest BCUT2D eigenvalue weighted by Crippen LogP contribution is 2.33. The molecule has 0 spiro atoms. The van der Waals surface area contributed by atoms with Crippen LogP contribution in [0, 0.1) is 6.92 Å². The Morgan fingerprint density at radius 2 is 1.73 bits per heavy atom. The Balaban J connectivity index is 3.46. The van der Waals surface area contributed by atoms with E-state index < -0.39 is 0 Å². The van der Waals surface area contributed by atoms with Gasteiger partial charge in [0.15, 0.2) is 5.75 Å². The van der Waals surface area contributed by atoms with Crippen LogP contribution in [0.3, 0.4) is 0 Å². The molecule has 0 saturated heterocycles. The van der Waals surface area contributed by atoms with Gasteiger partial charge in [0, 0.05) is 5.69 Å². The number of aromatic hydroxyl groups is 1. The lowest BCUT2D eigenvalue weighted by Crippen LogP contribution is -1.99. The summed E-state index contributed by atoms with van der Waals surface area (Å²) in [7, 11) is 0. The van der Waals surface area contributed by atoms with Crippen LogP contribution in [-0.2, 0) is 0 Å². The van der Waals surface area contributed by atoms with Gasteiger partial charge >= 0.3 is 0 Å². The Morgan fingerprint density at radius 3 is 2.27 bits per heavy atom. The van der Waals surface area contributed by atoms with Crippen LogP contribution >= 0.6 is 0 Å². The van der Waals surface area contributed by atoms with E-state index in [-0.39, 0.29) is 17.1 Å². The maximum absolute atomic E-state index is 9.21. The number of anilines is 3. The van der Waals surface area contributed by atoms with E-state index in [1.807, 2.05) is 0 Å². The fourth-order valence-corrected chi connectivity index (χ4v) is 0.833. The third-order valence-electron chi connectivity index (χ3n) is 1.68. The summed E-state index contributed by atoms with van der Waals surface area (Å²) in [6, 6.07) is 1.49. The van der Waals surface area contributed by atoms with E-state index >= 15 is 0 Å². The molecule has 0 aliphatic heterocycles. The fraction of sp³-hybridized carbons (Fsp3) is 0.143. The molecule has 0 radical (unpaired) electrons. The van der Waals surface area contributed by atoms with Gasteiger partial charge in [-0.25, -0.2) is 0 Å². The van der Waals surface area contributed by atoms with Crippen molar-refractivity contribution in [2.75, 3.05) is 17.2 Å². The van der Waals surface area contributed by atoms with Crippen LogP contribution in [0.25, 0.3) is 0 Å². The minimum absolute atomic E-state index is 0.0864. The van der Waals surface area contributed by atoms with Crippen LogP contribution in [0.4, 0.5) is 17.1 Å². The number of phenolic OH excluding ortho intramolecular Hbond substituents is 1. The summed E-state index contributed by atoms with van der Waals surface area (Å²) in [6.45, 7) is 1.73. The van der Waals surface area contributed by atoms with E-state index in [1.165, 1.54) is 6.07 Å². The molecule has 0 heterocycles. The van der Waals surface area contributed by atoms with Crippen molar-refractivity contribution in [3.63, 3.8) is 0 Å². The Hall–Kier alpha value is -1.58. The van der Waals surface area contributed by atoms with Crippen LogP contribution in [-0.4, -0.2) is 5.11 Å². The average molecular weight is 153 g/mol. The molecule has 4 nitrogen and oxygen atoms in total. The van der Waals surface area contributed by atoms with E-state index in [2.05, 4.69) is 0 Å². The molecule has 1 rings (SSSR count). The monoisotopic (exact) mass is 153 g/mol. The van der Waals surface area contributed by atoms with E-state index in [0.29, 0.717) is 11.3 Å². The Morgan fingerprint density at radius 1 is 1.18 bits per heavy atom. The standard InChI is InChI=1S/C7H11N3O/c1-3-4(8)2-5(9)7(11)6(3)10/h2,11H,8-10H2,1H3. The predicted octanol–water partition coefficient (Wildman–Crippen LogP) is 0.447. The molecule has 1 aromatic carbocycles. The molecule has 4 heteroatoms. The molecule has 0 fully saturated rings. The lowest BCUT2D eigenvalue weighted by Gasteiger charge is -2.08. The number of nitrogens with two attached hydrogens (primary N) is 3. The average Bonchev–Trinajstić information content (AvgIpc) is 1.97. The van der Waals surface area contributed by atoms with Crippen molar-refractivity contribution in [1.29, 1.82) is 0 Å². The van der Waals surface area contributed by atoms with Crippen molar-refractivity contribution < 1.29 is 5.11 Å². The quantitative estimate of drug-likeness (QED) is 0.247. The Labute approximate surface area is 64.6 Å². The summed E-state index contributed by atoms with van der Waals surface area (Å²) >= 11 is 0. The zero-order valence-corrected chi connectivity index (χ0v) is 6.26. The summed E-state index contributed by atoms with van der Waals surface area (Å²) in [5.74, 6) is -0.0864. The summed E-state index contributed by atoms with van der Waals surface area (Å²) in [5, 5.41) is 9.21. The summed E-state index contributed by atoms with van der Waals surface area (Å²) in [4.78, 5) is 0. The maximum Gasteiger partial charge on any atom is 0.162 e. The minimum atomic E-state index is -0.0864. The van der Waals surface area contributed by atoms with Crippen molar-refractivity contribution in [1.82, 2.24) is 0 Å². The largest absolute Gasteiger partial charge is 0.504 e. The zero-order chi connectivity index (χ0) is 8.59. The van der Waals surface area contributed by atoms with Crippen molar-refractivity contribution in [3.8, 4) is 5.75 Å². The van der Waals surface area contributed by atoms with Gasteiger partial charge in [0.05, 0.1) is 11.4 Å². The van der Waals surface area contributed by atoms with Gasteiger partial charge in [-0.3, -0.25) is 0 Å². The summed E-state index contributed by atoms with van der Waals surface area (Å²) in [5.41, 5.74) is 18.0. The maximum atomic E-state index is 9.21. The van der Waals surface area contributed by atoms with Gasteiger partial charge in [0.2, 0.25) is 0 Å². The topological polar surface area (TPSA) is 98.3 Å². The van der Waals surface area contributed by atoms with Crippen LogP contribution in [0.1, 0.15) is 5.56 Å². The molecule has 0 unspecified atom stereocenters. The number of hydrogen-bond donors (Lipinski definition) is 4. The normalized spacial score (nSPS) is 9.91. The highest BCUT2D eigenvalue weighted by atomic mass is 16.3. The first-order valence-corrected chi connectivity index (χ1v) is 3.17. The SMILES string of the molecule is Cc1c(N)cc(N)c(O)c1N. The molecular weight excluding hydrogens is 142 g/mol. The molecule has 0 saturated carbocycles. The second-order valence-electron chi connectivity index (χ2n) is 2.44. The molecular formula is C7H11N3O. The number of rotatable bonds is 0. The van der Waals surface area contributed by atoms with Gasteiger partial charge in [-0.05, 0) is 18.6 Å². The Kier molecular flexibility index (Phi) is 1.53. The first kappa shape index (κ1) is 7.53. The van der Waals surface area contributed by atoms with Gasteiger partial charge in [0.1, 0.15) is 0 Å². The van der Waals surface area contributed by atoms with Crippen LogP contribution in [0.5, 0.6) is 5.75 Å². The highest BCUT2D eigenvalue weighted by Gasteiger charge is 2.07. The third-order valence-corrected chi connectivity index (χ3v) is 1.68. The van der Waals surface area contributed by atoms with E-state index in [9.17, 15) is 5.11 Å². The fourth-order valence-electron chi connectivity index (χ4n) is 0.833. The van der Waals surface area contributed by atoms with Crippen molar-refractivity contribution in [2.24, 2.45) is 0 Å². The number of nitrogen functional groups attached to an aromatic ring is 3. The number of hydrogen-bond acceptors (Lipinski definition) is 4. The van der Waals surface area contributed by atoms with Gasteiger partial charge < -0.3 is 22.3 Å². The molecule has 11 heavy (non-hydrogen) atoms. The Bertz CT molecular complexity index is 270. The smallest absolute Gasteiger partial charge is 0.162 e. The number of benzene rings is 1. The van der Waals surface area contributed by atoms with Crippen LogP contribution < -0.4 is 17.2 Å². The van der Waals surface area contributed by atoms with E-state index in [4.69, 9.17) is 17.2 Å². The second kappa shape index (κ2) is 2.23. The molecule has 1 aromatic rings. The first-order chi connectivity index (χ1) is 5.04. The van der Waals surface area contributed by atoms with Crippen LogP contribution in [0.15, 0.2) is 6.07 Å². The molecule has 0 atom stereocenters. The molecule has 0 amide bonds. The van der Waals surface area contributed by atoms with E-state index in [0.717, 1.165) is 0 Å². The molecule has 60 valence electrons. The molecule has 0 bridgehead atoms. The van der Waals surface area contributed by atoms with Gasteiger partial charge in [-0.2, -0.15) is 0 Å². The third kappa shape index (κ3) is 1.02. The van der Waals surface area contributed by atoms with Crippen molar-refractivity contribution >= 4 is 17.1 Å². The van der Waals surface area contributed by atoms with Crippen LogP contribution in [0.2, 0.25) is 0 Å². The van der Waals surface area contributed by atoms with E-state index in [1.54, 1.807) is 6.92 Å². The lowest BCUT2D eigenvalue weighted by molar-refractivity contribution is 0.480. The molecule has 0 aliphatic carbocycles. The molecule has 0 aromatic heterocycles. The first-order valence-electron chi connectivity index (χ1n) is 3.17. The molecule has 7 N–H and O–H groups in total. The second-order valence-corrected chi connectivity index (χ2v) is 2.44. The van der Waals surface area contributed by atoms with Crippen molar-refractivity contribution in [2.45, 2.75) is 6.92 Å². The lowest BCUT2D eigenvalue weighted by atomic mass is 10.1. The summed E-state index contributed by atoms with van der Waals surface area (Å²) < 4.78 is 0. The zero-order valence-electron chi connectivity index (χ0n) is 6.26. The summed E-state index contributed by atoms with van der Waals surface area (Å²) in [6.07, 6.45) is 0. The predicted molar refractivity (Wildman–Crippen MR) is 46.1 cm³/mol. The van der Waals surface area contributed by atoms with Gasteiger partial charge in [-0.15, -0.1) is 0 Å². The highest BCUT2D eigenvalue weighted by molar-refractivity contribution is 5.77.